The van der Waals surface area contributed by atoms with E-state index in [0.29, 0.717) is 0 Å². The molecule has 17 heavy (non-hydrogen) atoms. The van der Waals surface area contributed by atoms with Gasteiger partial charge in [-0.05, 0) is 52.1 Å². The summed E-state index contributed by atoms with van der Waals surface area (Å²) in [4.78, 5) is 2.49. The Morgan fingerprint density at radius 1 is 1.12 bits per heavy atom. The van der Waals surface area contributed by atoms with Gasteiger partial charge in [0.2, 0.25) is 0 Å². The van der Waals surface area contributed by atoms with Crippen molar-refractivity contribution in [2.75, 3.05) is 13.6 Å². The summed E-state index contributed by atoms with van der Waals surface area (Å²) in [7, 11) is 2.26. The highest BCUT2D eigenvalue weighted by Crippen LogP contribution is 2.27. The second-order valence-electron chi connectivity index (χ2n) is 6.36. The Kier molecular flexibility index (Phi) is 4.87. The molecule has 0 aromatic rings. The van der Waals surface area contributed by atoms with Gasteiger partial charge in [0.15, 0.2) is 0 Å². The quantitative estimate of drug-likeness (QED) is 0.813. The second kappa shape index (κ2) is 6.19. The number of hydrogen-bond acceptors (Lipinski definition) is 2. The highest BCUT2D eigenvalue weighted by atomic mass is 15.1. The Balaban J connectivity index is 1.76. The fourth-order valence-electron chi connectivity index (χ4n) is 3.59. The predicted molar refractivity (Wildman–Crippen MR) is 74.3 cm³/mol. The first kappa shape index (κ1) is 13.4. The minimum absolute atomic E-state index is 0.756. The molecule has 2 heteroatoms. The Hall–Kier alpha value is -0.0800. The summed E-state index contributed by atoms with van der Waals surface area (Å²) in [5, 5.41) is 3.95. The zero-order valence-electron chi connectivity index (χ0n) is 11.9. The molecule has 0 aromatic heterocycles. The first-order valence-electron chi connectivity index (χ1n) is 7.65. The van der Waals surface area contributed by atoms with Gasteiger partial charge < -0.3 is 10.2 Å². The maximum Gasteiger partial charge on any atom is 0.00966 e. The van der Waals surface area contributed by atoms with E-state index in [1.807, 2.05) is 0 Å². The van der Waals surface area contributed by atoms with Crippen molar-refractivity contribution >= 4 is 0 Å². The maximum atomic E-state index is 3.95. The van der Waals surface area contributed by atoms with Crippen molar-refractivity contribution in [3.05, 3.63) is 0 Å². The maximum absolute atomic E-state index is 3.95. The summed E-state index contributed by atoms with van der Waals surface area (Å²) in [5.41, 5.74) is 0. The van der Waals surface area contributed by atoms with Gasteiger partial charge in [-0.25, -0.2) is 0 Å². The van der Waals surface area contributed by atoms with E-state index in [9.17, 15) is 0 Å². The molecule has 4 unspecified atom stereocenters. The van der Waals surface area contributed by atoms with E-state index in [1.54, 1.807) is 0 Å². The molecular weight excluding hydrogens is 208 g/mol. The third kappa shape index (κ3) is 3.69. The molecule has 1 aliphatic heterocycles. The van der Waals surface area contributed by atoms with Crippen LogP contribution in [0.4, 0.5) is 0 Å². The Bertz CT molecular complexity index is 225. The largest absolute Gasteiger partial charge is 0.311 e. The molecule has 100 valence electrons. The molecule has 2 aliphatic rings. The smallest absolute Gasteiger partial charge is 0.00966 e. The molecule has 0 radical (unpaired) electrons. The molecule has 2 fully saturated rings. The van der Waals surface area contributed by atoms with E-state index in [-0.39, 0.29) is 0 Å². The topological polar surface area (TPSA) is 15.3 Å². The minimum Gasteiger partial charge on any atom is -0.311 e. The van der Waals surface area contributed by atoms with Gasteiger partial charge in [0.1, 0.15) is 0 Å². The van der Waals surface area contributed by atoms with E-state index in [2.05, 4.69) is 31.1 Å². The molecule has 1 saturated heterocycles. The van der Waals surface area contributed by atoms with Crippen molar-refractivity contribution in [2.45, 2.75) is 76.9 Å². The first-order chi connectivity index (χ1) is 8.19. The lowest BCUT2D eigenvalue weighted by Gasteiger charge is -2.39. The van der Waals surface area contributed by atoms with Crippen LogP contribution in [0.25, 0.3) is 0 Å². The predicted octanol–water partition coefficient (Wildman–Crippen LogP) is 3.03. The highest BCUT2D eigenvalue weighted by Gasteiger charge is 2.27. The number of nitrogens with zero attached hydrogens (tertiary/aromatic N) is 1. The molecule has 0 bridgehead atoms. The Morgan fingerprint density at radius 2 is 1.88 bits per heavy atom. The molecule has 2 rings (SSSR count). The lowest BCUT2D eigenvalue weighted by Crippen LogP contribution is -2.49. The van der Waals surface area contributed by atoms with Gasteiger partial charge in [-0.1, -0.05) is 26.2 Å². The van der Waals surface area contributed by atoms with Crippen LogP contribution in [0.3, 0.4) is 0 Å². The number of likely N-dealkylation sites (tertiary alicyclic amines) is 1. The third-order valence-corrected chi connectivity index (χ3v) is 5.04. The van der Waals surface area contributed by atoms with Crippen LogP contribution in [-0.4, -0.2) is 36.6 Å². The van der Waals surface area contributed by atoms with Crippen molar-refractivity contribution < 1.29 is 0 Å². The number of nitrogens with one attached hydrogen (secondary N) is 1. The fraction of sp³-hybridized carbons (Fsp3) is 1.00. The molecule has 1 aliphatic carbocycles. The molecule has 1 saturated carbocycles. The van der Waals surface area contributed by atoms with E-state index in [1.165, 1.54) is 51.5 Å². The molecular formula is C15H30N2. The van der Waals surface area contributed by atoms with E-state index >= 15 is 0 Å². The zero-order valence-corrected chi connectivity index (χ0v) is 11.9. The van der Waals surface area contributed by atoms with Gasteiger partial charge in [-0.3, -0.25) is 0 Å². The molecule has 0 amide bonds. The van der Waals surface area contributed by atoms with Crippen molar-refractivity contribution in [1.29, 1.82) is 0 Å². The van der Waals surface area contributed by atoms with Crippen LogP contribution in [0.5, 0.6) is 0 Å². The SMILES string of the molecule is CCC1CCCC(NC2CCN(C)C(C)C2)C1. The van der Waals surface area contributed by atoms with E-state index in [4.69, 9.17) is 0 Å². The molecule has 4 atom stereocenters. The lowest BCUT2D eigenvalue weighted by molar-refractivity contribution is 0.151. The standard InChI is InChI=1S/C15H30N2/c1-4-13-6-5-7-14(11-13)16-15-8-9-17(3)12(2)10-15/h12-16H,4-11H2,1-3H3. The van der Waals surface area contributed by atoms with Gasteiger partial charge in [0, 0.05) is 18.1 Å². The minimum atomic E-state index is 0.756. The van der Waals surface area contributed by atoms with E-state index in [0.717, 1.165) is 24.0 Å². The number of hydrogen-bond donors (Lipinski definition) is 1. The Morgan fingerprint density at radius 3 is 2.59 bits per heavy atom. The Labute approximate surface area is 107 Å². The van der Waals surface area contributed by atoms with Crippen LogP contribution < -0.4 is 5.32 Å². The van der Waals surface area contributed by atoms with E-state index < -0.39 is 0 Å². The molecule has 0 spiro atoms. The van der Waals surface area contributed by atoms with Crippen LogP contribution in [0.2, 0.25) is 0 Å². The zero-order chi connectivity index (χ0) is 12.3. The summed E-state index contributed by atoms with van der Waals surface area (Å²) < 4.78 is 0. The van der Waals surface area contributed by atoms with Crippen LogP contribution in [0.15, 0.2) is 0 Å². The highest BCUT2D eigenvalue weighted by molar-refractivity contribution is 4.86. The summed E-state index contributed by atoms with van der Waals surface area (Å²) in [5.74, 6) is 0.991. The fourth-order valence-corrected chi connectivity index (χ4v) is 3.59. The van der Waals surface area contributed by atoms with Crippen molar-refractivity contribution in [3.8, 4) is 0 Å². The molecule has 0 aromatic carbocycles. The second-order valence-corrected chi connectivity index (χ2v) is 6.36. The van der Waals surface area contributed by atoms with Crippen molar-refractivity contribution in [2.24, 2.45) is 5.92 Å². The van der Waals surface area contributed by atoms with Gasteiger partial charge in [-0.15, -0.1) is 0 Å². The molecule has 1 N–H and O–H groups in total. The van der Waals surface area contributed by atoms with Crippen molar-refractivity contribution in [1.82, 2.24) is 10.2 Å². The number of rotatable bonds is 3. The van der Waals surface area contributed by atoms with Crippen LogP contribution in [-0.2, 0) is 0 Å². The molecule has 1 heterocycles. The van der Waals surface area contributed by atoms with Gasteiger partial charge in [0.05, 0.1) is 0 Å². The van der Waals surface area contributed by atoms with Gasteiger partial charge in [-0.2, -0.15) is 0 Å². The van der Waals surface area contributed by atoms with Crippen LogP contribution in [0.1, 0.15) is 58.8 Å². The summed E-state index contributed by atoms with van der Waals surface area (Å²) in [6.45, 7) is 5.98. The summed E-state index contributed by atoms with van der Waals surface area (Å²) in [6.07, 6.45) is 9.81. The third-order valence-electron chi connectivity index (χ3n) is 5.04. The van der Waals surface area contributed by atoms with Crippen LogP contribution >= 0.6 is 0 Å². The van der Waals surface area contributed by atoms with Crippen LogP contribution in [0, 0.1) is 5.92 Å². The first-order valence-corrected chi connectivity index (χ1v) is 7.65. The summed E-state index contributed by atoms with van der Waals surface area (Å²) in [6, 6.07) is 2.35. The molecule has 2 nitrogen and oxygen atoms in total. The van der Waals surface area contributed by atoms with Crippen molar-refractivity contribution in [3.63, 3.8) is 0 Å². The number of piperidine rings is 1. The monoisotopic (exact) mass is 238 g/mol. The lowest BCUT2D eigenvalue weighted by atomic mass is 9.83. The average molecular weight is 238 g/mol. The normalized spacial score (nSPS) is 40.4. The van der Waals surface area contributed by atoms with Gasteiger partial charge in [0.25, 0.3) is 0 Å². The average Bonchev–Trinajstić information content (AvgIpc) is 2.34. The van der Waals surface area contributed by atoms with Gasteiger partial charge >= 0.3 is 0 Å². The summed E-state index contributed by atoms with van der Waals surface area (Å²) >= 11 is 0.